The van der Waals surface area contributed by atoms with E-state index in [9.17, 15) is 14.7 Å². The van der Waals surface area contributed by atoms with Gasteiger partial charge in [-0.3, -0.25) is 4.90 Å². The van der Waals surface area contributed by atoms with E-state index in [1.807, 2.05) is 6.07 Å². The van der Waals surface area contributed by atoms with Crippen molar-refractivity contribution in [3.63, 3.8) is 0 Å². The van der Waals surface area contributed by atoms with Crippen LogP contribution in [0.2, 0.25) is 0 Å². The largest absolute Gasteiger partial charge is 0.466 e. The lowest BCUT2D eigenvalue weighted by Crippen LogP contribution is -2.73. The van der Waals surface area contributed by atoms with Crippen LogP contribution >= 0.6 is 0 Å². The van der Waals surface area contributed by atoms with Gasteiger partial charge in [-0.05, 0) is 75.0 Å². The predicted octanol–water partition coefficient (Wildman–Crippen LogP) is 3.50. The van der Waals surface area contributed by atoms with Gasteiger partial charge in [0.1, 0.15) is 6.10 Å². The number of piperidine rings is 2. The van der Waals surface area contributed by atoms with Gasteiger partial charge >= 0.3 is 11.9 Å². The van der Waals surface area contributed by atoms with Crippen LogP contribution in [0.3, 0.4) is 0 Å². The first-order chi connectivity index (χ1) is 17.9. The standard InChI is InChI=1S/C30H37NO6/c1-16-12-13-19-21-14-18-15-29(19,34)26-24(28(33)36-3)25(37-27(32)17-8-5-4-6-9-17)23-20(30(18,26)31(16)21)10-7-11-22(23)35-2/h4-6,8-9,16,18-23,25,34H,7,10-15H2,1-3H3. The van der Waals surface area contributed by atoms with Crippen molar-refractivity contribution in [2.45, 2.75) is 87.3 Å². The van der Waals surface area contributed by atoms with Gasteiger partial charge in [-0.15, -0.1) is 0 Å². The molecule has 7 nitrogen and oxygen atoms in total. The van der Waals surface area contributed by atoms with Gasteiger partial charge in [0, 0.05) is 31.0 Å². The number of aliphatic hydroxyl groups is 1. The Morgan fingerprint density at radius 2 is 1.81 bits per heavy atom. The molecule has 6 aliphatic rings. The Balaban J connectivity index is 1.48. The Bertz CT molecular complexity index is 1170. The molecule has 37 heavy (non-hydrogen) atoms. The van der Waals surface area contributed by atoms with Gasteiger partial charge in [0.25, 0.3) is 0 Å². The highest BCUT2D eigenvalue weighted by Gasteiger charge is 2.81. The van der Waals surface area contributed by atoms with Crippen LogP contribution in [0.15, 0.2) is 41.5 Å². The minimum absolute atomic E-state index is 0.0917. The number of carbonyl (C=O) groups excluding carboxylic acids is 2. The maximum absolute atomic E-state index is 13.8. The minimum Gasteiger partial charge on any atom is -0.466 e. The van der Waals surface area contributed by atoms with E-state index >= 15 is 0 Å². The zero-order valence-electron chi connectivity index (χ0n) is 21.9. The lowest BCUT2D eigenvalue weighted by Gasteiger charge is -2.65. The minimum atomic E-state index is -1.06. The number of benzene rings is 1. The molecule has 5 fully saturated rings. The van der Waals surface area contributed by atoms with Crippen LogP contribution in [-0.2, 0) is 19.0 Å². The Labute approximate surface area is 218 Å². The van der Waals surface area contributed by atoms with Crippen molar-refractivity contribution >= 4 is 11.9 Å². The van der Waals surface area contributed by atoms with Crippen LogP contribution in [0.5, 0.6) is 0 Å². The Morgan fingerprint density at radius 1 is 1.03 bits per heavy atom. The molecular formula is C30H37NO6. The van der Waals surface area contributed by atoms with E-state index in [1.54, 1.807) is 31.4 Å². The second-order valence-corrected chi connectivity index (χ2v) is 12.3. The monoisotopic (exact) mass is 507 g/mol. The third-order valence-electron chi connectivity index (χ3n) is 11.1. The number of nitrogens with zero attached hydrogens (tertiary/aromatic N) is 1. The van der Waals surface area contributed by atoms with E-state index in [0.717, 1.165) is 44.1 Å². The Hall–Kier alpha value is -2.22. The number of esters is 2. The van der Waals surface area contributed by atoms with E-state index in [1.165, 1.54) is 7.11 Å². The van der Waals surface area contributed by atoms with Crippen LogP contribution < -0.4 is 0 Å². The molecule has 1 aromatic rings. The van der Waals surface area contributed by atoms with Gasteiger partial charge in [0.15, 0.2) is 0 Å². The van der Waals surface area contributed by atoms with Crippen LogP contribution in [0, 0.1) is 23.7 Å². The van der Waals surface area contributed by atoms with Gasteiger partial charge in [0.05, 0.1) is 35.5 Å². The first kappa shape index (κ1) is 23.9. The summed E-state index contributed by atoms with van der Waals surface area (Å²) in [6.07, 6.45) is 5.60. The summed E-state index contributed by atoms with van der Waals surface area (Å²) in [4.78, 5) is 29.9. The molecule has 2 saturated carbocycles. The van der Waals surface area contributed by atoms with Crippen molar-refractivity contribution in [1.82, 2.24) is 4.90 Å². The summed E-state index contributed by atoms with van der Waals surface area (Å²) in [6, 6.07) is 9.64. The number of ether oxygens (including phenoxy) is 3. The highest BCUT2D eigenvalue weighted by Crippen LogP contribution is 2.75. The zero-order chi connectivity index (χ0) is 25.7. The first-order valence-corrected chi connectivity index (χ1v) is 14.0. The molecule has 3 aliphatic carbocycles. The molecule has 11 atom stereocenters. The van der Waals surface area contributed by atoms with Gasteiger partial charge in [0.2, 0.25) is 0 Å². The lowest BCUT2D eigenvalue weighted by atomic mass is 9.53. The average molecular weight is 508 g/mol. The second kappa shape index (κ2) is 8.14. The van der Waals surface area contributed by atoms with Gasteiger partial charge in [-0.2, -0.15) is 0 Å². The average Bonchev–Trinajstić information content (AvgIpc) is 3.32. The van der Waals surface area contributed by atoms with Gasteiger partial charge in [-0.1, -0.05) is 24.6 Å². The summed E-state index contributed by atoms with van der Waals surface area (Å²) in [6.45, 7) is 2.31. The molecule has 1 aromatic carbocycles. The summed E-state index contributed by atoms with van der Waals surface area (Å²) in [5, 5.41) is 12.5. The lowest BCUT2D eigenvalue weighted by molar-refractivity contribution is -0.164. The van der Waals surface area contributed by atoms with E-state index in [-0.39, 0.29) is 29.8 Å². The van der Waals surface area contributed by atoms with Crippen LogP contribution in [-0.4, -0.2) is 71.6 Å². The van der Waals surface area contributed by atoms with E-state index < -0.39 is 29.2 Å². The molecule has 0 radical (unpaired) electrons. The van der Waals surface area contributed by atoms with Crippen molar-refractivity contribution in [2.24, 2.45) is 23.7 Å². The predicted molar refractivity (Wildman–Crippen MR) is 135 cm³/mol. The number of rotatable bonds is 4. The quantitative estimate of drug-likeness (QED) is 0.625. The molecule has 0 amide bonds. The maximum atomic E-state index is 13.8. The molecule has 0 aromatic heterocycles. The molecule has 1 N–H and O–H groups in total. The molecule has 3 aliphatic heterocycles. The third-order valence-corrected chi connectivity index (χ3v) is 11.1. The first-order valence-electron chi connectivity index (χ1n) is 14.0. The fourth-order valence-electron chi connectivity index (χ4n) is 10.2. The SMILES string of the molecule is COC(=O)C1=C2C3(O)CC4CC5C3CCC(C)N5C24C2CCCC(OC)C2C1OC(=O)c1ccccc1. The third kappa shape index (κ3) is 2.83. The van der Waals surface area contributed by atoms with Crippen molar-refractivity contribution in [3.05, 3.63) is 47.0 Å². The van der Waals surface area contributed by atoms with Gasteiger partial charge in [-0.25, -0.2) is 9.59 Å². The molecule has 11 unspecified atom stereocenters. The van der Waals surface area contributed by atoms with Crippen molar-refractivity contribution in [2.75, 3.05) is 14.2 Å². The molecule has 7 heteroatoms. The molecular weight excluding hydrogens is 470 g/mol. The fraction of sp³-hybridized carbons (Fsp3) is 0.667. The summed E-state index contributed by atoms with van der Waals surface area (Å²) < 4.78 is 17.8. The second-order valence-electron chi connectivity index (χ2n) is 12.3. The highest BCUT2D eigenvalue weighted by atomic mass is 16.6. The highest BCUT2D eigenvalue weighted by molar-refractivity contribution is 5.95. The number of hydrogen-bond acceptors (Lipinski definition) is 7. The topological polar surface area (TPSA) is 85.3 Å². The molecule has 7 rings (SSSR count). The van der Waals surface area contributed by atoms with Crippen molar-refractivity contribution in [1.29, 1.82) is 0 Å². The summed E-state index contributed by atoms with van der Waals surface area (Å²) >= 11 is 0. The normalized spacial score (nSPS) is 46.9. The number of hydrogen-bond donors (Lipinski definition) is 1. The fourth-order valence-corrected chi connectivity index (χ4v) is 10.2. The summed E-state index contributed by atoms with van der Waals surface area (Å²) in [7, 11) is 3.11. The van der Waals surface area contributed by atoms with E-state index in [2.05, 4.69) is 11.8 Å². The maximum Gasteiger partial charge on any atom is 0.338 e. The van der Waals surface area contributed by atoms with Gasteiger partial charge < -0.3 is 19.3 Å². The van der Waals surface area contributed by atoms with Crippen LogP contribution in [0.1, 0.15) is 62.2 Å². The smallest absolute Gasteiger partial charge is 0.338 e. The number of carbonyl (C=O) groups is 2. The molecule has 3 saturated heterocycles. The van der Waals surface area contributed by atoms with E-state index in [0.29, 0.717) is 29.6 Å². The molecule has 198 valence electrons. The molecule has 5 bridgehead atoms. The van der Waals surface area contributed by atoms with Crippen molar-refractivity contribution < 1.29 is 28.9 Å². The molecule has 1 spiro atoms. The van der Waals surface area contributed by atoms with Crippen LogP contribution in [0.25, 0.3) is 0 Å². The Kier molecular flexibility index (Phi) is 5.25. The summed E-state index contributed by atoms with van der Waals surface area (Å²) in [5.74, 6) is -0.629. The van der Waals surface area contributed by atoms with E-state index in [4.69, 9.17) is 14.2 Å². The zero-order valence-corrected chi connectivity index (χ0v) is 21.9. The number of fused-ring (bicyclic) bond motifs is 2. The Morgan fingerprint density at radius 3 is 2.54 bits per heavy atom. The molecule has 3 heterocycles. The summed E-state index contributed by atoms with van der Waals surface area (Å²) in [5.41, 5.74) is 0.185. The number of methoxy groups -OCH3 is 2. The van der Waals surface area contributed by atoms with Crippen molar-refractivity contribution in [3.8, 4) is 0 Å². The van der Waals surface area contributed by atoms with Crippen LogP contribution in [0.4, 0.5) is 0 Å².